The first kappa shape index (κ1) is 14.7. The van der Waals surface area contributed by atoms with Crippen LogP contribution in [-0.2, 0) is 4.79 Å². The van der Waals surface area contributed by atoms with E-state index in [1.807, 2.05) is 0 Å². The molecule has 1 saturated carbocycles. The average Bonchev–Trinajstić information content (AvgIpc) is 3.23. The van der Waals surface area contributed by atoms with E-state index in [-0.39, 0.29) is 18.3 Å². The van der Waals surface area contributed by atoms with Crippen LogP contribution in [0.5, 0.6) is 5.75 Å². The summed E-state index contributed by atoms with van der Waals surface area (Å²) in [5.41, 5.74) is -1.24. The van der Waals surface area contributed by atoms with E-state index in [1.165, 1.54) is 12.1 Å². The number of rotatable bonds is 7. The highest BCUT2D eigenvalue weighted by Gasteiger charge is 2.51. The van der Waals surface area contributed by atoms with Gasteiger partial charge in [0.1, 0.15) is 6.61 Å². The van der Waals surface area contributed by atoms with Crippen LogP contribution in [0.1, 0.15) is 19.8 Å². The fourth-order valence-electron chi connectivity index (χ4n) is 2.30. The van der Waals surface area contributed by atoms with E-state index in [0.29, 0.717) is 6.54 Å². The van der Waals surface area contributed by atoms with E-state index in [0.717, 1.165) is 18.9 Å². The summed E-state index contributed by atoms with van der Waals surface area (Å²) in [5.74, 6) is -3.46. The molecule has 0 bridgehead atoms. The molecule has 0 spiro atoms. The van der Waals surface area contributed by atoms with Gasteiger partial charge in [-0.25, -0.2) is 4.39 Å². The van der Waals surface area contributed by atoms with Crippen LogP contribution >= 0.6 is 0 Å². The highest BCUT2D eigenvalue weighted by Crippen LogP contribution is 2.40. The quantitative estimate of drug-likeness (QED) is 0.806. The summed E-state index contributed by atoms with van der Waals surface area (Å²) in [4.78, 5) is 11.6. The lowest BCUT2D eigenvalue weighted by molar-refractivity contribution is -0.147. The molecule has 6 heteroatoms. The lowest BCUT2D eigenvalue weighted by Gasteiger charge is -2.30. The zero-order chi connectivity index (χ0) is 14.8. The van der Waals surface area contributed by atoms with Gasteiger partial charge in [-0.3, -0.25) is 10.1 Å². The molecule has 0 aromatic heterocycles. The normalized spacial score (nSPS) is 17.6. The summed E-state index contributed by atoms with van der Waals surface area (Å²) in [6.45, 7) is 2.02. The van der Waals surface area contributed by atoms with Crippen molar-refractivity contribution in [2.24, 2.45) is 5.92 Å². The Morgan fingerprint density at radius 1 is 1.50 bits per heavy atom. The maximum Gasteiger partial charge on any atom is 0.327 e. The Labute approximate surface area is 115 Å². The van der Waals surface area contributed by atoms with Crippen molar-refractivity contribution in [1.82, 2.24) is 5.32 Å². The van der Waals surface area contributed by atoms with Gasteiger partial charge in [0, 0.05) is 0 Å². The average molecular weight is 285 g/mol. The van der Waals surface area contributed by atoms with Gasteiger partial charge in [0.2, 0.25) is 5.82 Å². The number of ether oxygens (including phenoxy) is 1. The molecule has 0 amide bonds. The predicted octanol–water partition coefficient (Wildman–Crippen LogP) is 2.19. The van der Waals surface area contributed by atoms with Gasteiger partial charge in [-0.05, 0) is 37.4 Å². The predicted molar refractivity (Wildman–Crippen MR) is 68.6 cm³/mol. The van der Waals surface area contributed by atoms with Gasteiger partial charge in [0.15, 0.2) is 17.1 Å². The third-order valence-corrected chi connectivity index (χ3v) is 3.52. The van der Waals surface area contributed by atoms with E-state index < -0.39 is 23.1 Å². The summed E-state index contributed by atoms with van der Waals surface area (Å²) in [5, 5.41) is 12.4. The van der Waals surface area contributed by atoms with Crippen molar-refractivity contribution in [3.05, 3.63) is 29.8 Å². The lowest BCUT2D eigenvalue weighted by atomic mass is 9.94. The van der Waals surface area contributed by atoms with Crippen LogP contribution in [0.3, 0.4) is 0 Å². The molecule has 1 atom stereocenters. The van der Waals surface area contributed by atoms with Crippen molar-refractivity contribution in [1.29, 1.82) is 0 Å². The molecule has 1 unspecified atom stereocenters. The highest BCUT2D eigenvalue weighted by atomic mass is 19.2. The van der Waals surface area contributed by atoms with Crippen LogP contribution in [0.4, 0.5) is 8.78 Å². The first-order valence-corrected chi connectivity index (χ1v) is 6.56. The molecular formula is C14H17F2NO3. The highest BCUT2D eigenvalue weighted by molar-refractivity contribution is 5.80. The van der Waals surface area contributed by atoms with Gasteiger partial charge in [-0.15, -0.1) is 0 Å². The summed E-state index contributed by atoms with van der Waals surface area (Å²) < 4.78 is 31.8. The molecule has 0 aliphatic heterocycles. The number of aliphatic carboxylic acids is 1. The largest absolute Gasteiger partial charge is 0.488 e. The molecular weight excluding hydrogens is 268 g/mol. The third kappa shape index (κ3) is 2.75. The first-order valence-electron chi connectivity index (χ1n) is 6.56. The number of hydrogen-bond acceptors (Lipinski definition) is 3. The van der Waals surface area contributed by atoms with Crippen molar-refractivity contribution < 1.29 is 23.4 Å². The zero-order valence-electron chi connectivity index (χ0n) is 11.2. The van der Waals surface area contributed by atoms with E-state index >= 15 is 0 Å². The monoisotopic (exact) mass is 285 g/mol. The Kier molecular flexibility index (Phi) is 4.23. The van der Waals surface area contributed by atoms with E-state index in [9.17, 15) is 18.7 Å². The Balaban J connectivity index is 2.16. The van der Waals surface area contributed by atoms with Crippen LogP contribution in [0.2, 0.25) is 0 Å². The van der Waals surface area contributed by atoms with Gasteiger partial charge in [0.05, 0.1) is 0 Å². The van der Waals surface area contributed by atoms with Crippen molar-refractivity contribution in [2.75, 3.05) is 13.2 Å². The lowest BCUT2D eigenvalue weighted by Crippen LogP contribution is -2.58. The minimum atomic E-state index is -1.24. The Hall–Kier alpha value is -1.69. The van der Waals surface area contributed by atoms with Crippen LogP contribution in [0, 0.1) is 17.6 Å². The first-order chi connectivity index (χ1) is 9.51. The summed E-state index contributed by atoms with van der Waals surface area (Å²) in [6.07, 6.45) is 1.57. The van der Waals surface area contributed by atoms with Crippen LogP contribution in [0.15, 0.2) is 18.2 Å². The number of hydrogen-bond donors (Lipinski definition) is 2. The molecule has 2 rings (SSSR count). The molecule has 1 aromatic carbocycles. The maximum absolute atomic E-state index is 13.5. The van der Waals surface area contributed by atoms with Crippen molar-refractivity contribution in [3.63, 3.8) is 0 Å². The molecule has 110 valence electrons. The number of carboxylic acids is 1. The Morgan fingerprint density at radius 3 is 2.75 bits per heavy atom. The standard InChI is InChI=1S/C14H17F2NO3/c1-2-17-14(13(18)19,9-6-7-9)8-20-11-5-3-4-10(15)12(11)16/h3-5,9,17H,2,6-8H2,1H3,(H,18,19). The molecule has 0 saturated heterocycles. The van der Waals surface area contributed by atoms with Gasteiger partial charge >= 0.3 is 5.97 Å². The summed E-state index contributed by atoms with van der Waals surface area (Å²) >= 11 is 0. The van der Waals surface area contributed by atoms with Crippen LogP contribution < -0.4 is 10.1 Å². The molecule has 2 N–H and O–H groups in total. The van der Waals surface area contributed by atoms with Gasteiger partial charge in [0.25, 0.3) is 0 Å². The van der Waals surface area contributed by atoms with Gasteiger partial charge in [-0.1, -0.05) is 13.0 Å². The number of carbonyl (C=O) groups is 1. The molecule has 20 heavy (non-hydrogen) atoms. The number of nitrogens with one attached hydrogen (secondary N) is 1. The van der Waals surface area contributed by atoms with Gasteiger partial charge < -0.3 is 9.84 Å². The van der Waals surface area contributed by atoms with E-state index in [2.05, 4.69) is 5.32 Å². The second-order valence-corrected chi connectivity index (χ2v) is 4.92. The summed E-state index contributed by atoms with van der Waals surface area (Å²) in [6, 6.07) is 3.59. The van der Waals surface area contributed by atoms with E-state index in [4.69, 9.17) is 4.74 Å². The molecule has 0 heterocycles. The number of benzene rings is 1. The fraction of sp³-hybridized carbons (Fsp3) is 0.500. The molecule has 1 aliphatic rings. The Bertz CT molecular complexity index is 505. The molecule has 1 fully saturated rings. The second kappa shape index (κ2) is 5.75. The SMILES string of the molecule is CCNC(COc1cccc(F)c1F)(C(=O)O)C1CC1. The fourth-order valence-corrected chi connectivity index (χ4v) is 2.30. The number of likely N-dealkylation sites (N-methyl/N-ethyl adjacent to an activating group) is 1. The maximum atomic E-state index is 13.5. The topological polar surface area (TPSA) is 58.6 Å². The zero-order valence-corrected chi connectivity index (χ0v) is 11.2. The minimum Gasteiger partial charge on any atom is -0.488 e. The molecule has 0 radical (unpaired) electrons. The van der Waals surface area contributed by atoms with Crippen molar-refractivity contribution in [2.45, 2.75) is 25.3 Å². The van der Waals surface area contributed by atoms with E-state index in [1.54, 1.807) is 6.92 Å². The molecule has 1 aromatic rings. The van der Waals surface area contributed by atoms with Crippen molar-refractivity contribution >= 4 is 5.97 Å². The van der Waals surface area contributed by atoms with Crippen LogP contribution in [0.25, 0.3) is 0 Å². The second-order valence-electron chi connectivity index (χ2n) is 4.92. The molecule has 1 aliphatic carbocycles. The summed E-state index contributed by atoms with van der Waals surface area (Å²) in [7, 11) is 0. The molecule has 4 nitrogen and oxygen atoms in total. The minimum absolute atomic E-state index is 0.0448. The van der Waals surface area contributed by atoms with Gasteiger partial charge in [-0.2, -0.15) is 4.39 Å². The van der Waals surface area contributed by atoms with Crippen LogP contribution in [-0.4, -0.2) is 29.8 Å². The third-order valence-electron chi connectivity index (χ3n) is 3.52. The number of halogens is 2. The number of carboxylic acid groups (broad SMARTS) is 1. The Morgan fingerprint density at radius 2 is 2.20 bits per heavy atom. The van der Waals surface area contributed by atoms with Crippen molar-refractivity contribution in [3.8, 4) is 5.75 Å². The smallest absolute Gasteiger partial charge is 0.327 e.